The Bertz CT molecular complexity index is 1050. The Morgan fingerprint density at radius 2 is 1.85 bits per heavy atom. The van der Waals surface area contributed by atoms with Crippen molar-refractivity contribution >= 4 is 40.4 Å². The molecule has 4 rings (SSSR count). The summed E-state index contributed by atoms with van der Waals surface area (Å²) in [5, 5.41) is 11.0. The normalized spacial score (nSPS) is 18.5. The van der Waals surface area contributed by atoms with Gasteiger partial charge in [-0.15, -0.1) is 8.78 Å². The average molecular weight is 394 g/mol. The summed E-state index contributed by atoms with van der Waals surface area (Å²) in [6, 6.07) is 8.03. The van der Waals surface area contributed by atoms with E-state index in [0.717, 1.165) is 11.0 Å². The highest BCUT2D eigenvalue weighted by Gasteiger charge is 2.44. The van der Waals surface area contributed by atoms with Gasteiger partial charge in [-0.05, 0) is 30.3 Å². The van der Waals surface area contributed by atoms with E-state index in [2.05, 4.69) is 9.47 Å². The number of benzene rings is 2. The number of carbonyl (C=O) groups excluding carboxylic acids is 2. The first kappa shape index (κ1) is 17.3. The van der Waals surface area contributed by atoms with Crippen LogP contribution in [0, 0.1) is 0 Å². The van der Waals surface area contributed by atoms with Gasteiger partial charge in [-0.25, -0.2) is 4.90 Å². The van der Waals surface area contributed by atoms with E-state index in [9.17, 15) is 23.5 Å². The largest absolute Gasteiger partial charge is 0.586 e. The lowest BCUT2D eigenvalue weighted by atomic mass is 10.0. The van der Waals surface area contributed by atoms with Gasteiger partial charge in [-0.1, -0.05) is 17.7 Å². The molecule has 0 bridgehead atoms. The van der Waals surface area contributed by atoms with Crippen molar-refractivity contribution in [3.05, 3.63) is 52.5 Å². The SMILES string of the molecule is CC(=O)N1C(=O)/C(=C(/O)c2ccc3c(c2)OC(F)(F)O3)c2ccc(Cl)cc21. The van der Waals surface area contributed by atoms with Crippen LogP contribution in [0.3, 0.4) is 0 Å². The Labute approximate surface area is 156 Å². The molecule has 0 atom stereocenters. The number of aliphatic hydroxyl groups is 1. The first-order chi connectivity index (χ1) is 12.7. The van der Waals surface area contributed by atoms with Gasteiger partial charge in [-0.2, -0.15) is 0 Å². The molecular weight excluding hydrogens is 384 g/mol. The fraction of sp³-hybridized carbons (Fsp3) is 0.111. The molecule has 0 saturated carbocycles. The third kappa shape index (κ3) is 2.69. The van der Waals surface area contributed by atoms with Crippen LogP contribution in [0.15, 0.2) is 36.4 Å². The van der Waals surface area contributed by atoms with Gasteiger partial charge < -0.3 is 14.6 Å². The number of fused-ring (bicyclic) bond motifs is 2. The summed E-state index contributed by atoms with van der Waals surface area (Å²) in [5.41, 5.74) is 0.418. The Morgan fingerprint density at radius 1 is 1.15 bits per heavy atom. The molecule has 6 nitrogen and oxygen atoms in total. The monoisotopic (exact) mass is 393 g/mol. The van der Waals surface area contributed by atoms with Crippen molar-refractivity contribution < 1.29 is 33.0 Å². The van der Waals surface area contributed by atoms with E-state index in [1.54, 1.807) is 0 Å². The smallest absolute Gasteiger partial charge is 0.506 e. The summed E-state index contributed by atoms with van der Waals surface area (Å²) < 4.78 is 35.0. The molecule has 2 aromatic carbocycles. The van der Waals surface area contributed by atoms with E-state index in [1.165, 1.54) is 37.3 Å². The highest BCUT2D eigenvalue weighted by atomic mass is 35.5. The number of hydrogen-bond donors (Lipinski definition) is 1. The summed E-state index contributed by atoms with van der Waals surface area (Å²) in [4.78, 5) is 25.5. The number of hydrogen-bond acceptors (Lipinski definition) is 5. The second kappa shape index (κ2) is 5.68. The van der Waals surface area contributed by atoms with Crippen molar-refractivity contribution in [3.8, 4) is 11.5 Å². The van der Waals surface area contributed by atoms with Crippen LogP contribution < -0.4 is 14.4 Å². The van der Waals surface area contributed by atoms with Crippen LogP contribution in [0.1, 0.15) is 18.1 Å². The van der Waals surface area contributed by atoms with Gasteiger partial charge in [0.2, 0.25) is 5.91 Å². The van der Waals surface area contributed by atoms with Gasteiger partial charge in [0.25, 0.3) is 5.91 Å². The second-order valence-corrected chi connectivity index (χ2v) is 6.31. The number of nitrogens with zero attached hydrogens (tertiary/aromatic N) is 1. The van der Waals surface area contributed by atoms with Gasteiger partial charge in [0.15, 0.2) is 11.5 Å². The zero-order valence-electron chi connectivity index (χ0n) is 13.6. The maximum atomic E-state index is 13.2. The van der Waals surface area contributed by atoms with Crippen molar-refractivity contribution in [2.75, 3.05) is 4.90 Å². The van der Waals surface area contributed by atoms with Gasteiger partial charge >= 0.3 is 6.29 Å². The molecule has 0 radical (unpaired) electrons. The summed E-state index contributed by atoms with van der Waals surface area (Å²) in [7, 11) is 0. The Morgan fingerprint density at radius 3 is 2.56 bits per heavy atom. The number of anilines is 1. The van der Waals surface area contributed by atoms with Crippen molar-refractivity contribution in [3.63, 3.8) is 0 Å². The van der Waals surface area contributed by atoms with Gasteiger partial charge in [0.05, 0.1) is 11.3 Å². The molecular formula is C18H10ClF2NO5. The van der Waals surface area contributed by atoms with Crippen molar-refractivity contribution in [1.29, 1.82) is 0 Å². The van der Waals surface area contributed by atoms with E-state index in [1.807, 2.05) is 0 Å². The number of aliphatic hydroxyl groups excluding tert-OH is 1. The third-order valence-corrected chi connectivity index (χ3v) is 4.35. The number of carbonyl (C=O) groups is 2. The van der Waals surface area contributed by atoms with Gasteiger partial charge in [-0.3, -0.25) is 9.59 Å². The van der Waals surface area contributed by atoms with Crippen LogP contribution in [0.25, 0.3) is 11.3 Å². The number of imide groups is 1. The highest BCUT2D eigenvalue weighted by Crippen LogP contribution is 2.45. The van der Waals surface area contributed by atoms with Crippen LogP contribution in [0.4, 0.5) is 14.5 Å². The van der Waals surface area contributed by atoms with Crippen LogP contribution >= 0.6 is 11.6 Å². The Balaban J connectivity index is 1.87. The maximum absolute atomic E-state index is 13.2. The average Bonchev–Trinajstić information content (AvgIpc) is 3.04. The quantitative estimate of drug-likeness (QED) is 0.586. The molecule has 2 aromatic rings. The summed E-state index contributed by atoms with van der Waals surface area (Å²) in [5.74, 6) is -2.28. The molecule has 2 heterocycles. The molecule has 138 valence electrons. The topological polar surface area (TPSA) is 76.1 Å². The van der Waals surface area contributed by atoms with E-state index >= 15 is 0 Å². The minimum atomic E-state index is -3.80. The molecule has 2 amide bonds. The van der Waals surface area contributed by atoms with Crippen molar-refractivity contribution in [2.24, 2.45) is 0 Å². The van der Waals surface area contributed by atoms with E-state index < -0.39 is 23.9 Å². The molecule has 1 N–H and O–H groups in total. The second-order valence-electron chi connectivity index (χ2n) is 5.87. The number of ether oxygens (including phenoxy) is 2. The van der Waals surface area contributed by atoms with Crippen LogP contribution in [0.5, 0.6) is 11.5 Å². The third-order valence-electron chi connectivity index (χ3n) is 4.11. The molecule has 2 aliphatic rings. The molecule has 0 aromatic heterocycles. The van der Waals surface area contributed by atoms with E-state index in [-0.39, 0.29) is 28.3 Å². The number of amides is 2. The first-order valence-corrected chi connectivity index (χ1v) is 8.04. The maximum Gasteiger partial charge on any atom is 0.586 e. The van der Waals surface area contributed by atoms with Crippen molar-refractivity contribution in [2.45, 2.75) is 13.2 Å². The summed E-state index contributed by atoms with van der Waals surface area (Å²) in [6.07, 6.45) is -3.80. The molecule has 0 spiro atoms. The number of alkyl halides is 2. The molecule has 27 heavy (non-hydrogen) atoms. The zero-order chi connectivity index (χ0) is 19.5. The number of halogens is 3. The minimum Gasteiger partial charge on any atom is -0.506 e. The molecule has 0 unspecified atom stereocenters. The van der Waals surface area contributed by atoms with Crippen LogP contribution in [-0.2, 0) is 9.59 Å². The predicted molar refractivity (Wildman–Crippen MR) is 91.7 cm³/mol. The first-order valence-electron chi connectivity index (χ1n) is 7.66. The lowest BCUT2D eigenvalue weighted by molar-refractivity contribution is -0.286. The summed E-state index contributed by atoms with van der Waals surface area (Å²) >= 11 is 5.95. The molecule has 9 heteroatoms. The lowest BCUT2D eigenvalue weighted by Gasteiger charge is -2.12. The fourth-order valence-corrected chi connectivity index (χ4v) is 3.19. The van der Waals surface area contributed by atoms with Gasteiger partial charge in [0.1, 0.15) is 5.76 Å². The van der Waals surface area contributed by atoms with Crippen LogP contribution in [-0.4, -0.2) is 23.2 Å². The Kier molecular flexibility index (Phi) is 3.64. The van der Waals surface area contributed by atoms with Crippen LogP contribution in [0.2, 0.25) is 5.02 Å². The number of rotatable bonds is 1. The predicted octanol–water partition coefficient (Wildman–Crippen LogP) is 3.98. The lowest BCUT2D eigenvalue weighted by Crippen LogP contribution is -2.31. The molecule has 0 aliphatic carbocycles. The molecule has 2 aliphatic heterocycles. The summed E-state index contributed by atoms with van der Waals surface area (Å²) in [6.45, 7) is 1.20. The molecule has 0 saturated heterocycles. The van der Waals surface area contributed by atoms with E-state index in [4.69, 9.17) is 11.6 Å². The minimum absolute atomic E-state index is 0.0460. The fourth-order valence-electron chi connectivity index (χ4n) is 3.02. The Hall–Kier alpha value is -3.13. The highest BCUT2D eigenvalue weighted by molar-refractivity contribution is 6.43. The standard InChI is InChI=1S/C18H10ClF2NO5/c1-8(23)22-12-7-10(19)3-4-11(12)15(17(22)25)16(24)9-2-5-13-14(6-9)27-18(20,21)26-13/h2-7,24H,1H3/b16-15+. The van der Waals surface area contributed by atoms with E-state index in [0.29, 0.717) is 10.6 Å². The molecule has 0 fully saturated rings. The van der Waals surface area contributed by atoms with Crippen molar-refractivity contribution in [1.82, 2.24) is 0 Å². The zero-order valence-corrected chi connectivity index (χ0v) is 14.4. The van der Waals surface area contributed by atoms with Gasteiger partial charge in [0, 0.05) is 23.1 Å².